The maximum Gasteiger partial charge on any atom is 0.130 e. The van der Waals surface area contributed by atoms with E-state index in [-0.39, 0.29) is 17.4 Å². The van der Waals surface area contributed by atoms with E-state index in [1.807, 2.05) is 20.8 Å². The van der Waals surface area contributed by atoms with Crippen molar-refractivity contribution in [1.29, 1.82) is 0 Å². The highest BCUT2D eigenvalue weighted by Crippen LogP contribution is 2.21. The van der Waals surface area contributed by atoms with Crippen molar-refractivity contribution in [2.24, 2.45) is 11.1 Å². The van der Waals surface area contributed by atoms with Gasteiger partial charge in [0.2, 0.25) is 0 Å². The van der Waals surface area contributed by atoms with Gasteiger partial charge in [0, 0.05) is 23.4 Å². The van der Waals surface area contributed by atoms with Gasteiger partial charge in [-0.2, -0.15) is 0 Å². The van der Waals surface area contributed by atoms with E-state index in [4.69, 9.17) is 5.73 Å². The van der Waals surface area contributed by atoms with Crippen LogP contribution in [0.5, 0.6) is 0 Å². The summed E-state index contributed by atoms with van der Waals surface area (Å²) in [7, 11) is 0. The number of hydrogen-bond donors (Lipinski definition) is 1. The molecule has 0 fully saturated rings. The van der Waals surface area contributed by atoms with Crippen LogP contribution in [0.2, 0.25) is 0 Å². The standard InChI is InChI=1S/C14H17F2N/c1-14(2,3)9-5-8-12(17)13-10(15)6-4-7-11(13)16/h4,6-7,12H,8,17H2,1-3H3. The summed E-state index contributed by atoms with van der Waals surface area (Å²) >= 11 is 0. The molecule has 0 saturated carbocycles. The Hall–Kier alpha value is -1.40. The van der Waals surface area contributed by atoms with E-state index < -0.39 is 17.7 Å². The van der Waals surface area contributed by atoms with Crippen LogP contribution in [0.4, 0.5) is 8.78 Å². The van der Waals surface area contributed by atoms with Gasteiger partial charge in [-0.3, -0.25) is 0 Å². The molecule has 92 valence electrons. The van der Waals surface area contributed by atoms with Gasteiger partial charge in [0.1, 0.15) is 11.6 Å². The molecule has 17 heavy (non-hydrogen) atoms. The van der Waals surface area contributed by atoms with Gasteiger partial charge in [0.15, 0.2) is 0 Å². The SMILES string of the molecule is CC(C)(C)C#CCC(N)c1c(F)cccc1F. The zero-order valence-corrected chi connectivity index (χ0v) is 10.3. The summed E-state index contributed by atoms with van der Waals surface area (Å²) in [5.74, 6) is 4.62. The van der Waals surface area contributed by atoms with Crippen LogP contribution in [0.3, 0.4) is 0 Å². The first kappa shape index (κ1) is 13.7. The Balaban J connectivity index is 2.83. The summed E-state index contributed by atoms with van der Waals surface area (Å²) in [6.07, 6.45) is 0.245. The minimum Gasteiger partial charge on any atom is -0.323 e. The Morgan fingerprint density at radius 2 is 1.76 bits per heavy atom. The molecule has 0 aliphatic rings. The molecule has 1 aromatic rings. The predicted molar refractivity (Wildman–Crippen MR) is 65.1 cm³/mol. The van der Waals surface area contributed by atoms with Gasteiger partial charge in [-0.1, -0.05) is 12.0 Å². The molecule has 1 nitrogen and oxygen atoms in total. The fourth-order valence-electron chi connectivity index (χ4n) is 1.39. The first-order valence-electron chi connectivity index (χ1n) is 5.51. The molecule has 0 aromatic heterocycles. The third kappa shape index (κ3) is 4.16. The second-order valence-corrected chi connectivity index (χ2v) is 5.00. The van der Waals surface area contributed by atoms with Gasteiger partial charge < -0.3 is 5.73 Å². The zero-order valence-electron chi connectivity index (χ0n) is 10.3. The quantitative estimate of drug-likeness (QED) is 0.784. The van der Waals surface area contributed by atoms with Crippen molar-refractivity contribution in [3.63, 3.8) is 0 Å². The van der Waals surface area contributed by atoms with Gasteiger partial charge in [0.05, 0.1) is 0 Å². The van der Waals surface area contributed by atoms with E-state index in [1.54, 1.807) is 0 Å². The number of benzene rings is 1. The molecule has 0 spiro atoms. The Morgan fingerprint density at radius 1 is 1.24 bits per heavy atom. The molecule has 2 N–H and O–H groups in total. The maximum absolute atomic E-state index is 13.4. The largest absolute Gasteiger partial charge is 0.323 e. The van der Waals surface area contributed by atoms with Crippen molar-refractivity contribution in [3.8, 4) is 11.8 Å². The highest BCUT2D eigenvalue weighted by molar-refractivity contribution is 5.24. The second-order valence-electron chi connectivity index (χ2n) is 5.00. The highest BCUT2D eigenvalue weighted by atomic mass is 19.1. The lowest BCUT2D eigenvalue weighted by atomic mass is 9.96. The van der Waals surface area contributed by atoms with Crippen molar-refractivity contribution >= 4 is 0 Å². The van der Waals surface area contributed by atoms with E-state index in [0.29, 0.717) is 0 Å². The van der Waals surface area contributed by atoms with E-state index >= 15 is 0 Å². The van der Waals surface area contributed by atoms with Gasteiger partial charge in [-0.15, -0.1) is 5.92 Å². The molecule has 0 radical (unpaired) electrons. The van der Waals surface area contributed by atoms with Gasteiger partial charge >= 0.3 is 0 Å². The molecular weight excluding hydrogens is 220 g/mol. The fraction of sp³-hybridized carbons (Fsp3) is 0.429. The summed E-state index contributed by atoms with van der Waals surface area (Å²) in [4.78, 5) is 0. The van der Waals surface area contributed by atoms with Crippen LogP contribution >= 0.6 is 0 Å². The summed E-state index contributed by atoms with van der Waals surface area (Å²) in [5.41, 5.74) is 5.52. The number of nitrogens with two attached hydrogens (primary N) is 1. The first-order chi connectivity index (χ1) is 7.81. The van der Waals surface area contributed by atoms with Crippen LogP contribution in [0.15, 0.2) is 18.2 Å². The predicted octanol–water partition coefficient (Wildman–Crippen LogP) is 3.40. The zero-order chi connectivity index (χ0) is 13.1. The van der Waals surface area contributed by atoms with Crippen LogP contribution in [-0.2, 0) is 0 Å². The third-order valence-electron chi connectivity index (χ3n) is 2.16. The molecule has 0 bridgehead atoms. The van der Waals surface area contributed by atoms with E-state index in [2.05, 4.69) is 11.8 Å². The minimum absolute atomic E-state index is 0.0873. The molecule has 1 rings (SSSR count). The second kappa shape index (κ2) is 5.29. The first-order valence-corrected chi connectivity index (χ1v) is 5.51. The van der Waals surface area contributed by atoms with Gasteiger partial charge in [-0.25, -0.2) is 8.78 Å². The van der Waals surface area contributed by atoms with Gasteiger partial charge in [-0.05, 0) is 32.9 Å². The van der Waals surface area contributed by atoms with Crippen molar-refractivity contribution in [2.45, 2.75) is 33.2 Å². The van der Waals surface area contributed by atoms with Crippen molar-refractivity contribution < 1.29 is 8.78 Å². The molecule has 1 aromatic carbocycles. The average Bonchev–Trinajstić information content (AvgIpc) is 2.15. The molecule has 1 unspecified atom stereocenters. The van der Waals surface area contributed by atoms with Gasteiger partial charge in [0.25, 0.3) is 0 Å². The van der Waals surface area contributed by atoms with E-state index in [1.165, 1.54) is 18.2 Å². The van der Waals surface area contributed by atoms with Crippen LogP contribution in [0, 0.1) is 28.9 Å². The highest BCUT2D eigenvalue weighted by Gasteiger charge is 2.15. The summed E-state index contributed by atoms with van der Waals surface area (Å²) in [6, 6.07) is 3.00. The van der Waals surface area contributed by atoms with Crippen LogP contribution in [0.1, 0.15) is 38.8 Å². The number of rotatable bonds is 2. The van der Waals surface area contributed by atoms with Crippen LogP contribution in [-0.4, -0.2) is 0 Å². The lowest BCUT2D eigenvalue weighted by Crippen LogP contribution is -2.13. The number of halogens is 2. The third-order valence-corrected chi connectivity index (χ3v) is 2.16. The number of hydrogen-bond acceptors (Lipinski definition) is 1. The topological polar surface area (TPSA) is 26.0 Å². The Bertz CT molecular complexity index is 429. The summed E-state index contributed by atoms with van der Waals surface area (Å²) in [5, 5.41) is 0. The lowest BCUT2D eigenvalue weighted by molar-refractivity contribution is 0.528. The van der Waals surface area contributed by atoms with Crippen molar-refractivity contribution in [2.75, 3.05) is 0 Å². The Kier molecular flexibility index (Phi) is 4.25. The smallest absolute Gasteiger partial charge is 0.130 e. The molecule has 0 aliphatic carbocycles. The molecule has 1 atom stereocenters. The molecule has 0 saturated heterocycles. The lowest BCUT2D eigenvalue weighted by Gasteiger charge is -2.11. The minimum atomic E-state index is -0.731. The van der Waals surface area contributed by atoms with Crippen molar-refractivity contribution in [1.82, 2.24) is 0 Å². The molecular formula is C14H17F2N. The molecule has 3 heteroatoms. The molecule has 0 heterocycles. The fourth-order valence-corrected chi connectivity index (χ4v) is 1.39. The summed E-state index contributed by atoms with van der Waals surface area (Å²) in [6.45, 7) is 5.90. The van der Waals surface area contributed by atoms with Crippen LogP contribution < -0.4 is 5.73 Å². The monoisotopic (exact) mass is 237 g/mol. The Labute approximate surface area is 101 Å². The molecule has 0 aliphatic heterocycles. The molecule has 0 amide bonds. The Morgan fingerprint density at radius 3 is 2.24 bits per heavy atom. The summed E-state index contributed by atoms with van der Waals surface area (Å²) < 4.78 is 26.8. The van der Waals surface area contributed by atoms with E-state index in [0.717, 1.165) is 0 Å². The van der Waals surface area contributed by atoms with Crippen LogP contribution in [0.25, 0.3) is 0 Å². The average molecular weight is 237 g/mol. The maximum atomic E-state index is 13.4. The van der Waals surface area contributed by atoms with Crippen molar-refractivity contribution in [3.05, 3.63) is 35.4 Å². The van der Waals surface area contributed by atoms with E-state index in [9.17, 15) is 8.78 Å². The normalized spacial score (nSPS) is 12.8.